The molecular weight excluding hydrogens is 228 g/mol. The molecule has 0 aliphatic heterocycles. The highest BCUT2D eigenvalue weighted by Gasteiger charge is 2.09. The SMILES string of the molecule is CCNc1nnc(-c2cnc(CC)s2)s1. The van der Waals surface area contributed by atoms with E-state index in [2.05, 4.69) is 27.4 Å². The van der Waals surface area contributed by atoms with E-state index in [4.69, 9.17) is 0 Å². The number of nitrogens with zero attached hydrogens (tertiary/aromatic N) is 3. The Hall–Kier alpha value is -1.01. The summed E-state index contributed by atoms with van der Waals surface area (Å²) in [6.45, 7) is 5.02. The average molecular weight is 240 g/mol. The lowest BCUT2D eigenvalue weighted by molar-refractivity contribution is 1.07. The highest BCUT2D eigenvalue weighted by molar-refractivity contribution is 7.23. The molecule has 0 spiro atoms. The van der Waals surface area contributed by atoms with Crippen molar-refractivity contribution in [2.24, 2.45) is 0 Å². The minimum absolute atomic E-state index is 0.873. The minimum atomic E-state index is 0.873. The lowest BCUT2D eigenvalue weighted by Crippen LogP contribution is -1.94. The van der Waals surface area contributed by atoms with E-state index in [0.29, 0.717) is 0 Å². The molecule has 0 saturated carbocycles. The van der Waals surface area contributed by atoms with Gasteiger partial charge in [0.2, 0.25) is 5.13 Å². The highest BCUT2D eigenvalue weighted by Crippen LogP contribution is 2.30. The second-order valence-electron chi connectivity index (χ2n) is 2.91. The summed E-state index contributed by atoms with van der Waals surface area (Å²) in [7, 11) is 0. The van der Waals surface area contributed by atoms with Crippen LogP contribution in [0.3, 0.4) is 0 Å². The molecule has 0 saturated heterocycles. The standard InChI is InChI=1S/C9H12N4S2/c1-3-7-11-5-6(14-7)8-12-13-9(15-8)10-4-2/h5H,3-4H2,1-2H3,(H,10,13). The van der Waals surface area contributed by atoms with Crippen molar-refractivity contribution in [3.05, 3.63) is 11.2 Å². The van der Waals surface area contributed by atoms with Gasteiger partial charge in [-0.05, 0) is 13.3 Å². The molecule has 6 heteroatoms. The van der Waals surface area contributed by atoms with Gasteiger partial charge < -0.3 is 5.32 Å². The Labute approximate surface area is 96.4 Å². The summed E-state index contributed by atoms with van der Waals surface area (Å²) in [5.74, 6) is 0. The van der Waals surface area contributed by atoms with Crippen LogP contribution in [0.15, 0.2) is 6.20 Å². The average Bonchev–Trinajstić information content (AvgIpc) is 2.85. The second-order valence-corrected chi connectivity index (χ2v) is 5.01. The molecule has 2 heterocycles. The Kier molecular flexibility index (Phi) is 3.27. The first-order chi connectivity index (χ1) is 7.33. The van der Waals surface area contributed by atoms with Gasteiger partial charge in [0.25, 0.3) is 0 Å². The van der Waals surface area contributed by atoms with E-state index >= 15 is 0 Å². The molecule has 0 radical (unpaired) electrons. The first-order valence-electron chi connectivity index (χ1n) is 4.86. The van der Waals surface area contributed by atoms with E-state index in [-0.39, 0.29) is 0 Å². The topological polar surface area (TPSA) is 50.7 Å². The van der Waals surface area contributed by atoms with Crippen LogP contribution in [0.5, 0.6) is 0 Å². The fraction of sp³-hybridized carbons (Fsp3) is 0.444. The molecule has 4 nitrogen and oxygen atoms in total. The van der Waals surface area contributed by atoms with Crippen molar-refractivity contribution in [1.29, 1.82) is 0 Å². The smallest absolute Gasteiger partial charge is 0.206 e. The molecule has 0 amide bonds. The van der Waals surface area contributed by atoms with Crippen LogP contribution in [0.2, 0.25) is 0 Å². The molecular formula is C9H12N4S2. The number of nitrogens with one attached hydrogen (secondary N) is 1. The predicted molar refractivity (Wildman–Crippen MR) is 64.6 cm³/mol. The molecule has 0 fully saturated rings. The van der Waals surface area contributed by atoms with E-state index in [1.165, 1.54) is 0 Å². The minimum Gasteiger partial charge on any atom is -0.360 e. The van der Waals surface area contributed by atoms with Gasteiger partial charge in [0.05, 0.1) is 9.88 Å². The van der Waals surface area contributed by atoms with Crippen LogP contribution in [0, 0.1) is 0 Å². The summed E-state index contributed by atoms with van der Waals surface area (Å²) in [4.78, 5) is 5.41. The zero-order chi connectivity index (χ0) is 10.7. The maximum Gasteiger partial charge on any atom is 0.206 e. The third-order valence-corrected chi connectivity index (χ3v) is 4.01. The van der Waals surface area contributed by atoms with Crippen molar-refractivity contribution in [1.82, 2.24) is 15.2 Å². The Bertz CT molecular complexity index is 435. The van der Waals surface area contributed by atoms with Gasteiger partial charge in [0.15, 0.2) is 5.01 Å². The van der Waals surface area contributed by atoms with Gasteiger partial charge in [0, 0.05) is 12.7 Å². The lowest BCUT2D eigenvalue weighted by atomic mass is 10.5. The first-order valence-corrected chi connectivity index (χ1v) is 6.49. The van der Waals surface area contributed by atoms with Crippen molar-refractivity contribution in [2.45, 2.75) is 20.3 Å². The van der Waals surface area contributed by atoms with Crippen molar-refractivity contribution < 1.29 is 0 Å². The predicted octanol–water partition coefficient (Wildman–Crippen LogP) is 2.66. The van der Waals surface area contributed by atoms with Gasteiger partial charge >= 0.3 is 0 Å². The second kappa shape index (κ2) is 4.67. The van der Waals surface area contributed by atoms with E-state index in [0.717, 1.165) is 33.0 Å². The summed E-state index contributed by atoms with van der Waals surface area (Å²) in [6, 6.07) is 0. The summed E-state index contributed by atoms with van der Waals surface area (Å²) < 4.78 is 0. The van der Waals surface area contributed by atoms with E-state index < -0.39 is 0 Å². The number of thiazole rings is 1. The molecule has 0 aliphatic carbocycles. The van der Waals surface area contributed by atoms with Crippen LogP contribution in [0.25, 0.3) is 9.88 Å². The fourth-order valence-electron chi connectivity index (χ4n) is 1.12. The van der Waals surface area contributed by atoms with E-state index in [9.17, 15) is 0 Å². The summed E-state index contributed by atoms with van der Waals surface area (Å²) in [6.07, 6.45) is 2.85. The molecule has 0 unspecified atom stereocenters. The Balaban J connectivity index is 2.21. The zero-order valence-electron chi connectivity index (χ0n) is 8.65. The monoisotopic (exact) mass is 240 g/mol. The van der Waals surface area contributed by atoms with Gasteiger partial charge in [-0.25, -0.2) is 4.98 Å². The summed E-state index contributed by atoms with van der Waals surface area (Å²) >= 11 is 3.26. The highest BCUT2D eigenvalue weighted by atomic mass is 32.1. The van der Waals surface area contributed by atoms with Crippen molar-refractivity contribution >= 4 is 27.8 Å². The zero-order valence-corrected chi connectivity index (χ0v) is 10.3. The third kappa shape index (κ3) is 2.32. The van der Waals surface area contributed by atoms with E-state index in [1.54, 1.807) is 22.7 Å². The quantitative estimate of drug-likeness (QED) is 0.892. The maximum absolute atomic E-state index is 4.30. The molecule has 0 bridgehead atoms. The van der Waals surface area contributed by atoms with Gasteiger partial charge in [-0.15, -0.1) is 21.5 Å². The molecule has 80 valence electrons. The number of rotatable bonds is 4. The fourth-order valence-corrected chi connectivity index (χ4v) is 2.82. The van der Waals surface area contributed by atoms with Crippen molar-refractivity contribution in [2.75, 3.05) is 11.9 Å². The van der Waals surface area contributed by atoms with Crippen LogP contribution < -0.4 is 5.32 Å². The molecule has 2 aromatic rings. The van der Waals surface area contributed by atoms with Crippen LogP contribution >= 0.6 is 22.7 Å². The van der Waals surface area contributed by atoms with Crippen molar-refractivity contribution in [3.63, 3.8) is 0 Å². The van der Waals surface area contributed by atoms with Gasteiger partial charge in [-0.3, -0.25) is 0 Å². The first kappa shape index (κ1) is 10.5. The van der Waals surface area contributed by atoms with Crippen LogP contribution in [0.4, 0.5) is 5.13 Å². The third-order valence-electron chi connectivity index (χ3n) is 1.82. The molecule has 0 aromatic carbocycles. The Morgan fingerprint density at radius 2 is 2.13 bits per heavy atom. The Morgan fingerprint density at radius 3 is 2.80 bits per heavy atom. The number of hydrogen-bond acceptors (Lipinski definition) is 6. The molecule has 2 rings (SSSR count). The number of hydrogen-bond donors (Lipinski definition) is 1. The molecule has 1 N–H and O–H groups in total. The number of aryl methyl sites for hydroxylation is 1. The maximum atomic E-state index is 4.30. The Morgan fingerprint density at radius 1 is 1.27 bits per heavy atom. The molecule has 15 heavy (non-hydrogen) atoms. The largest absolute Gasteiger partial charge is 0.360 e. The van der Waals surface area contributed by atoms with Gasteiger partial charge in [0.1, 0.15) is 0 Å². The van der Waals surface area contributed by atoms with Crippen LogP contribution in [-0.2, 0) is 6.42 Å². The normalized spacial score (nSPS) is 10.5. The summed E-state index contributed by atoms with van der Waals surface area (Å²) in [5, 5.41) is 14.3. The van der Waals surface area contributed by atoms with Gasteiger partial charge in [-0.2, -0.15) is 0 Å². The molecule has 0 atom stereocenters. The van der Waals surface area contributed by atoms with E-state index in [1.807, 2.05) is 13.1 Å². The van der Waals surface area contributed by atoms with Gasteiger partial charge in [-0.1, -0.05) is 18.3 Å². The molecule has 2 aromatic heterocycles. The molecule has 0 aliphatic rings. The van der Waals surface area contributed by atoms with Crippen LogP contribution in [-0.4, -0.2) is 21.7 Å². The number of anilines is 1. The lowest BCUT2D eigenvalue weighted by Gasteiger charge is -1.91. The number of aromatic nitrogens is 3. The van der Waals surface area contributed by atoms with Crippen molar-refractivity contribution in [3.8, 4) is 9.88 Å². The van der Waals surface area contributed by atoms with Crippen LogP contribution in [0.1, 0.15) is 18.9 Å². The summed E-state index contributed by atoms with van der Waals surface area (Å²) in [5.41, 5.74) is 0.